The number of nitrogens with two attached hydrogens (primary N) is 2. The highest BCUT2D eigenvalue weighted by molar-refractivity contribution is 5.81. The second-order valence-corrected chi connectivity index (χ2v) is 5.99. The summed E-state index contributed by atoms with van der Waals surface area (Å²) < 4.78 is 29.2. The number of ether oxygens (including phenoxy) is 1. The van der Waals surface area contributed by atoms with Crippen molar-refractivity contribution in [3.05, 3.63) is 65.2 Å². The van der Waals surface area contributed by atoms with Gasteiger partial charge >= 0.3 is 6.61 Å². The first-order valence-electron chi connectivity index (χ1n) is 7.86. The Bertz CT molecular complexity index is 779. The van der Waals surface area contributed by atoms with Crippen molar-refractivity contribution in [2.45, 2.75) is 18.7 Å². The van der Waals surface area contributed by atoms with Crippen molar-refractivity contribution in [3.8, 4) is 5.75 Å². The molecule has 0 radical (unpaired) electrons. The Hall–Kier alpha value is -2.67. The van der Waals surface area contributed by atoms with Gasteiger partial charge in [0.25, 0.3) is 0 Å². The van der Waals surface area contributed by atoms with Crippen molar-refractivity contribution >= 4 is 5.96 Å². The van der Waals surface area contributed by atoms with Gasteiger partial charge in [-0.3, -0.25) is 0 Å². The smallest absolute Gasteiger partial charge is 0.387 e. The minimum absolute atomic E-state index is 0.105. The van der Waals surface area contributed by atoms with Gasteiger partial charge in [0.1, 0.15) is 11.3 Å². The van der Waals surface area contributed by atoms with Crippen molar-refractivity contribution in [2.24, 2.45) is 16.5 Å². The molecule has 2 aromatic carbocycles. The summed E-state index contributed by atoms with van der Waals surface area (Å²) in [6.07, 6.45) is 0. The molecule has 3 rings (SSSR count). The Morgan fingerprint density at radius 2 is 1.92 bits per heavy atom. The molecule has 0 fully saturated rings. The van der Waals surface area contributed by atoms with Gasteiger partial charge in [-0.05, 0) is 28.8 Å². The van der Waals surface area contributed by atoms with Crippen LogP contribution in [0, 0.1) is 0 Å². The maximum absolute atomic E-state index is 12.4. The number of rotatable bonds is 5. The number of benzene rings is 2. The van der Waals surface area contributed by atoms with Gasteiger partial charge in [-0.25, -0.2) is 4.99 Å². The van der Waals surface area contributed by atoms with Gasteiger partial charge < -0.3 is 21.1 Å². The zero-order valence-electron chi connectivity index (χ0n) is 13.8. The van der Waals surface area contributed by atoms with Gasteiger partial charge in [0.15, 0.2) is 5.96 Å². The normalized spacial score (nSPS) is 20.0. The fraction of sp³-hybridized carbons (Fsp3) is 0.278. The predicted molar refractivity (Wildman–Crippen MR) is 92.4 cm³/mol. The molecular formula is C18H20F2N4O. The lowest BCUT2D eigenvalue weighted by Gasteiger charge is -2.28. The van der Waals surface area contributed by atoms with E-state index in [2.05, 4.69) is 4.74 Å². The van der Waals surface area contributed by atoms with Crippen molar-refractivity contribution in [2.75, 3.05) is 13.6 Å². The number of likely N-dealkylation sites (N-methyl/N-ethyl adjacent to an activating group) is 1. The van der Waals surface area contributed by atoms with Crippen LogP contribution in [0.2, 0.25) is 0 Å². The Morgan fingerprint density at radius 1 is 1.20 bits per heavy atom. The Balaban J connectivity index is 2.07. The highest BCUT2D eigenvalue weighted by atomic mass is 19.3. The van der Waals surface area contributed by atoms with Crippen LogP contribution in [0.1, 0.15) is 16.7 Å². The number of halogens is 2. The molecule has 25 heavy (non-hydrogen) atoms. The zero-order valence-corrected chi connectivity index (χ0v) is 13.8. The lowest BCUT2D eigenvalue weighted by Crippen LogP contribution is -2.34. The Kier molecular flexibility index (Phi) is 4.59. The lowest BCUT2D eigenvalue weighted by molar-refractivity contribution is -0.0498. The topological polar surface area (TPSA) is 76.9 Å². The van der Waals surface area contributed by atoms with Gasteiger partial charge in [-0.2, -0.15) is 8.78 Å². The largest absolute Gasteiger partial charge is 0.435 e. The Morgan fingerprint density at radius 3 is 2.48 bits per heavy atom. The SMILES string of the molecule is CN1CC(c2ccc(OC(F)F)cc2)(c2cccc(CN)c2)N=C1N. The molecule has 1 aliphatic heterocycles. The van der Waals surface area contributed by atoms with Gasteiger partial charge in [-0.1, -0.05) is 36.4 Å². The molecule has 0 bridgehead atoms. The second-order valence-electron chi connectivity index (χ2n) is 5.99. The highest BCUT2D eigenvalue weighted by Gasteiger charge is 2.40. The summed E-state index contributed by atoms with van der Waals surface area (Å²) in [4.78, 5) is 6.56. The van der Waals surface area contributed by atoms with Crippen molar-refractivity contribution in [1.29, 1.82) is 0 Å². The maximum atomic E-state index is 12.4. The summed E-state index contributed by atoms with van der Waals surface area (Å²) in [5.74, 6) is 0.527. The minimum atomic E-state index is -2.85. The van der Waals surface area contributed by atoms with E-state index in [1.807, 2.05) is 36.2 Å². The molecule has 2 aromatic rings. The number of hydrogen-bond donors (Lipinski definition) is 2. The first-order valence-corrected chi connectivity index (χ1v) is 7.86. The third-order valence-corrected chi connectivity index (χ3v) is 4.36. The number of guanidine groups is 1. The average molecular weight is 346 g/mol. The van der Waals surface area contributed by atoms with E-state index in [1.54, 1.807) is 12.1 Å². The zero-order chi connectivity index (χ0) is 18.0. The van der Waals surface area contributed by atoms with Crippen LogP contribution in [0.5, 0.6) is 5.75 Å². The molecule has 0 aliphatic carbocycles. The number of nitrogens with zero attached hydrogens (tertiary/aromatic N) is 2. The summed E-state index contributed by atoms with van der Waals surface area (Å²) in [5.41, 5.74) is 13.8. The molecule has 4 N–H and O–H groups in total. The molecule has 1 unspecified atom stereocenters. The molecule has 1 aliphatic rings. The molecule has 0 amide bonds. The predicted octanol–water partition coefficient (Wildman–Crippen LogP) is 2.25. The summed E-state index contributed by atoms with van der Waals surface area (Å²) in [7, 11) is 1.86. The molecule has 132 valence electrons. The van der Waals surface area contributed by atoms with E-state index in [9.17, 15) is 8.78 Å². The van der Waals surface area contributed by atoms with Gasteiger partial charge in [0.2, 0.25) is 0 Å². The number of alkyl halides is 2. The van der Waals surface area contributed by atoms with Gasteiger partial charge in [0.05, 0.1) is 6.54 Å². The molecule has 0 saturated heterocycles. The summed E-state index contributed by atoms with van der Waals surface area (Å²) in [6.45, 7) is -1.89. The Labute approximate surface area is 144 Å². The van der Waals surface area contributed by atoms with Crippen LogP contribution < -0.4 is 16.2 Å². The minimum Gasteiger partial charge on any atom is -0.435 e. The standard InChI is InChI=1S/C18H20F2N4O/c1-24-11-18(23-17(24)22,14-4-2-3-12(9-14)10-21)13-5-7-15(8-6-13)25-16(19)20/h2-9,16H,10-11,21H2,1H3,(H2,22,23). The van der Waals surface area contributed by atoms with Gasteiger partial charge in [0, 0.05) is 13.6 Å². The summed E-state index contributed by atoms with van der Waals surface area (Å²) >= 11 is 0. The van der Waals surface area contributed by atoms with Gasteiger partial charge in [-0.15, -0.1) is 0 Å². The van der Waals surface area contributed by atoms with Crippen LogP contribution in [0.15, 0.2) is 53.5 Å². The summed E-state index contributed by atoms with van der Waals surface area (Å²) in [5, 5.41) is 0. The third-order valence-electron chi connectivity index (χ3n) is 4.36. The van der Waals surface area contributed by atoms with Crippen LogP contribution in [0.3, 0.4) is 0 Å². The van der Waals surface area contributed by atoms with Crippen LogP contribution in [-0.4, -0.2) is 31.1 Å². The van der Waals surface area contributed by atoms with E-state index in [0.717, 1.165) is 16.7 Å². The van der Waals surface area contributed by atoms with E-state index in [0.29, 0.717) is 19.0 Å². The number of hydrogen-bond acceptors (Lipinski definition) is 5. The molecular weight excluding hydrogens is 326 g/mol. The number of aliphatic imine (C=N–C) groups is 1. The van der Waals surface area contributed by atoms with Crippen molar-refractivity contribution in [1.82, 2.24) is 4.90 Å². The molecule has 5 nitrogen and oxygen atoms in total. The molecule has 1 heterocycles. The first kappa shape index (κ1) is 17.2. The van der Waals surface area contributed by atoms with E-state index in [-0.39, 0.29) is 5.75 Å². The van der Waals surface area contributed by atoms with Crippen LogP contribution in [0.4, 0.5) is 8.78 Å². The van der Waals surface area contributed by atoms with E-state index in [4.69, 9.17) is 16.5 Å². The second kappa shape index (κ2) is 6.68. The monoisotopic (exact) mass is 346 g/mol. The molecule has 1 atom stereocenters. The lowest BCUT2D eigenvalue weighted by atomic mass is 9.83. The van der Waals surface area contributed by atoms with E-state index in [1.165, 1.54) is 12.1 Å². The van der Waals surface area contributed by atoms with Crippen LogP contribution in [-0.2, 0) is 12.1 Å². The van der Waals surface area contributed by atoms with Crippen LogP contribution in [0.25, 0.3) is 0 Å². The first-order chi connectivity index (χ1) is 11.9. The average Bonchev–Trinajstić information content (AvgIpc) is 2.91. The highest BCUT2D eigenvalue weighted by Crippen LogP contribution is 2.39. The molecule has 0 aromatic heterocycles. The fourth-order valence-electron chi connectivity index (χ4n) is 3.09. The maximum Gasteiger partial charge on any atom is 0.387 e. The summed E-state index contributed by atoms with van der Waals surface area (Å²) in [6, 6.07) is 14.4. The molecule has 7 heteroatoms. The van der Waals surface area contributed by atoms with E-state index < -0.39 is 12.2 Å². The van der Waals surface area contributed by atoms with E-state index >= 15 is 0 Å². The quantitative estimate of drug-likeness (QED) is 0.871. The van der Waals surface area contributed by atoms with Crippen LogP contribution >= 0.6 is 0 Å². The molecule has 0 spiro atoms. The fourth-order valence-corrected chi connectivity index (χ4v) is 3.09. The third kappa shape index (κ3) is 3.28. The van der Waals surface area contributed by atoms with Crippen molar-refractivity contribution < 1.29 is 13.5 Å². The van der Waals surface area contributed by atoms with Crippen molar-refractivity contribution in [3.63, 3.8) is 0 Å². The molecule has 0 saturated carbocycles.